The van der Waals surface area contributed by atoms with Crippen molar-refractivity contribution in [2.24, 2.45) is 0 Å². The van der Waals surface area contributed by atoms with Gasteiger partial charge in [0.05, 0.1) is 0 Å². The van der Waals surface area contributed by atoms with E-state index in [2.05, 4.69) is 18.7 Å². The highest BCUT2D eigenvalue weighted by Crippen LogP contribution is 2.24. The van der Waals surface area contributed by atoms with Crippen LogP contribution in [0.2, 0.25) is 0 Å². The van der Waals surface area contributed by atoms with Crippen LogP contribution in [-0.2, 0) is 0 Å². The zero-order chi connectivity index (χ0) is 14.4. The second kappa shape index (κ2) is 7.15. The lowest BCUT2D eigenvalue weighted by Crippen LogP contribution is -2.21. The molecule has 2 rings (SSSR count). The minimum absolute atomic E-state index is 0.0855. The van der Waals surface area contributed by atoms with Gasteiger partial charge in [-0.05, 0) is 62.0 Å². The van der Waals surface area contributed by atoms with Crippen LogP contribution in [0.5, 0.6) is 0 Å². The van der Waals surface area contributed by atoms with Crippen LogP contribution in [0.25, 0.3) is 0 Å². The van der Waals surface area contributed by atoms with Crippen LogP contribution in [0, 0.1) is 0 Å². The average molecular weight is 285 g/mol. The summed E-state index contributed by atoms with van der Waals surface area (Å²) in [5.41, 5.74) is 1.91. The lowest BCUT2D eigenvalue weighted by atomic mass is 10.2. The smallest absolute Gasteiger partial charge is 0.224 e. The van der Waals surface area contributed by atoms with Crippen molar-refractivity contribution in [3.8, 4) is 0 Å². The molecule has 0 fully saturated rings. The van der Waals surface area contributed by atoms with E-state index in [9.17, 15) is 4.79 Å². The molecule has 0 aromatic heterocycles. The Morgan fingerprint density at radius 1 is 0.950 bits per heavy atom. The van der Waals surface area contributed by atoms with Gasteiger partial charge in [-0.1, -0.05) is 18.2 Å². The summed E-state index contributed by atoms with van der Waals surface area (Å²) in [6, 6.07) is 17.6. The Balaban J connectivity index is 2.08. The maximum Gasteiger partial charge on any atom is 0.224 e. The molecule has 0 saturated heterocycles. The quantitative estimate of drug-likeness (QED) is 0.756. The number of rotatable bonds is 5. The molecule has 0 radical (unpaired) electrons. The van der Waals surface area contributed by atoms with Crippen molar-refractivity contribution in [3.63, 3.8) is 0 Å². The summed E-state index contributed by atoms with van der Waals surface area (Å²) in [5, 5.41) is 0.0855. The van der Waals surface area contributed by atoms with Gasteiger partial charge in [0.25, 0.3) is 0 Å². The first-order valence-corrected chi connectivity index (χ1v) is 7.68. The standard InChI is InChI=1S/C17H19NOS/c1-3-18(4-2)15-12-10-14(11-13-15)17(19)20-16-8-6-5-7-9-16/h5-13H,3-4H2,1-2H3. The molecular formula is C17H19NOS. The first-order chi connectivity index (χ1) is 9.74. The summed E-state index contributed by atoms with van der Waals surface area (Å²) >= 11 is 1.27. The number of carbonyl (C=O) groups excluding carboxylic acids is 1. The van der Waals surface area contributed by atoms with Crippen LogP contribution in [0.15, 0.2) is 59.5 Å². The SMILES string of the molecule is CCN(CC)c1ccc(C(=O)Sc2ccccc2)cc1. The molecule has 0 N–H and O–H groups in total. The Labute approximate surface area is 124 Å². The number of benzene rings is 2. The number of hydrogen-bond donors (Lipinski definition) is 0. The van der Waals surface area contributed by atoms with Gasteiger partial charge in [-0.25, -0.2) is 0 Å². The zero-order valence-corrected chi connectivity index (χ0v) is 12.7. The number of nitrogens with zero attached hydrogens (tertiary/aromatic N) is 1. The van der Waals surface area contributed by atoms with Crippen LogP contribution < -0.4 is 4.90 Å². The molecule has 2 nitrogen and oxygen atoms in total. The second-order valence-electron chi connectivity index (χ2n) is 4.42. The third-order valence-corrected chi connectivity index (χ3v) is 4.11. The lowest BCUT2D eigenvalue weighted by molar-refractivity contribution is 0.108. The van der Waals surface area contributed by atoms with Gasteiger partial charge >= 0.3 is 0 Å². The first kappa shape index (κ1) is 14.7. The minimum atomic E-state index is 0.0855. The molecule has 0 bridgehead atoms. The molecule has 0 aliphatic heterocycles. The van der Waals surface area contributed by atoms with E-state index in [1.54, 1.807) is 0 Å². The molecule has 0 spiro atoms. The third kappa shape index (κ3) is 3.64. The fourth-order valence-corrected chi connectivity index (χ4v) is 2.81. The topological polar surface area (TPSA) is 20.3 Å². The zero-order valence-electron chi connectivity index (χ0n) is 11.9. The van der Waals surface area contributed by atoms with Gasteiger partial charge in [0.1, 0.15) is 0 Å². The van der Waals surface area contributed by atoms with Crippen LogP contribution in [0.3, 0.4) is 0 Å². The Morgan fingerprint density at radius 3 is 2.10 bits per heavy atom. The van der Waals surface area contributed by atoms with Gasteiger partial charge in [0, 0.05) is 29.2 Å². The molecule has 0 heterocycles. The van der Waals surface area contributed by atoms with E-state index < -0.39 is 0 Å². The Kier molecular flexibility index (Phi) is 5.24. The van der Waals surface area contributed by atoms with Crippen molar-refractivity contribution >= 4 is 22.6 Å². The van der Waals surface area contributed by atoms with Crippen LogP contribution in [0.4, 0.5) is 5.69 Å². The van der Waals surface area contributed by atoms with Crippen molar-refractivity contribution in [1.29, 1.82) is 0 Å². The predicted octanol–water partition coefficient (Wildman–Crippen LogP) is 4.47. The largest absolute Gasteiger partial charge is 0.372 e. The molecule has 0 aliphatic carbocycles. The van der Waals surface area contributed by atoms with E-state index >= 15 is 0 Å². The minimum Gasteiger partial charge on any atom is -0.372 e. The molecule has 0 amide bonds. The Hall–Kier alpha value is -1.74. The molecule has 2 aromatic carbocycles. The predicted molar refractivity (Wildman–Crippen MR) is 86.6 cm³/mol. The number of carbonyl (C=O) groups is 1. The van der Waals surface area contributed by atoms with Gasteiger partial charge in [0.15, 0.2) is 0 Å². The van der Waals surface area contributed by atoms with Gasteiger partial charge in [-0.15, -0.1) is 0 Å². The fraction of sp³-hybridized carbons (Fsp3) is 0.235. The normalized spacial score (nSPS) is 10.3. The van der Waals surface area contributed by atoms with Gasteiger partial charge in [0.2, 0.25) is 5.12 Å². The van der Waals surface area contributed by atoms with Crippen molar-refractivity contribution in [2.75, 3.05) is 18.0 Å². The Bertz CT molecular complexity index is 547. The van der Waals surface area contributed by atoms with Gasteiger partial charge < -0.3 is 4.90 Å². The van der Waals surface area contributed by atoms with E-state index in [1.807, 2.05) is 54.6 Å². The lowest BCUT2D eigenvalue weighted by Gasteiger charge is -2.20. The maximum atomic E-state index is 12.2. The van der Waals surface area contributed by atoms with Gasteiger partial charge in [-0.3, -0.25) is 4.79 Å². The van der Waals surface area contributed by atoms with E-state index in [0.717, 1.165) is 29.2 Å². The Morgan fingerprint density at radius 2 is 1.55 bits per heavy atom. The highest BCUT2D eigenvalue weighted by Gasteiger charge is 2.09. The van der Waals surface area contributed by atoms with E-state index in [4.69, 9.17) is 0 Å². The van der Waals surface area contributed by atoms with E-state index in [1.165, 1.54) is 11.8 Å². The molecule has 0 saturated carbocycles. The summed E-state index contributed by atoms with van der Waals surface area (Å²) < 4.78 is 0. The van der Waals surface area contributed by atoms with Crippen molar-refractivity contribution in [2.45, 2.75) is 18.7 Å². The second-order valence-corrected chi connectivity index (χ2v) is 5.47. The third-order valence-electron chi connectivity index (χ3n) is 3.19. The summed E-state index contributed by atoms with van der Waals surface area (Å²) in [7, 11) is 0. The van der Waals surface area contributed by atoms with Crippen LogP contribution in [0.1, 0.15) is 24.2 Å². The molecular weight excluding hydrogens is 266 g/mol. The fourth-order valence-electron chi connectivity index (χ4n) is 2.05. The summed E-state index contributed by atoms with van der Waals surface area (Å²) in [5.74, 6) is 0. The number of hydrogen-bond acceptors (Lipinski definition) is 3. The first-order valence-electron chi connectivity index (χ1n) is 6.86. The molecule has 0 atom stereocenters. The van der Waals surface area contributed by atoms with Gasteiger partial charge in [-0.2, -0.15) is 0 Å². The summed E-state index contributed by atoms with van der Waals surface area (Å²) in [4.78, 5) is 15.4. The monoisotopic (exact) mass is 285 g/mol. The molecule has 0 aliphatic rings. The van der Waals surface area contributed by atoms with Crippen molar-refractivity contribution < 1.29 is 4.79 Å². The highest BCUT2D eigenvalue weighted by molar-refractivity contribution is 8.14. The van der Waals surface area contributed by atoms with E-state index in [-0.39, 0.29) is 5.12 Å². The molecule has 2 aromatic rings. The highest BCUT2D eigenvalue weighted by atomic mass is 32.2. The molecule has 0 unspecified atom stereocenters. The molecule has 3 heteroatoms. The molecule has 20 heavy (non-hydrogen) atoms. The van der Waals surface area contributed by atoms with Crippen LogP contribution >= 0.6 is 11.8 Å². The van der Waals surface area contributed by atoms with E-state index in [0.29, 0.717) is 0 Å². The molecule has 104 valence electrons. The number of anilines is 1. The number of thioether (sulfide) groups is 1. The summed E-state index contributed by atoms with van der Waals surface area (Å²) in [6.45, 7) is 6.22. The average Bonchev–Trinajstić information content (AvgIpc) is 2.50. The van der Waals surface area contributed by atoms with Crippen molar-refractivity contribution in [3.05, 3.63) is 60.2 Å². The van der Waals surface area contributed by atoms with Crippen molar-refractivity contribution in [1.82, 2.24) is 0 Å². The maximum absolute atomic E-state index is 12.2. The van der Waals surface area contributed by atoms with Crippen LogP contribution in [-0.4, -0.2) is 18.2 Å². The summed E-state index contributed by atoms with van der Waals surface area (Å²) in [6.07, 6.45) is 0.